The highest BCUT2D eigenvalue weighted by atomic mass is 79.9. The summed E-state index contributed by atoms with van der Waals surface area (Å²) in [6.45, 7) is 0.0975. The second kappa shape index (κ2) is 5.26. The fourth-order valence-electron chi connectivity index (χ4n) is 0.971. The van der Waals surface area contributed by atoms with Crippen LogP contribution in [0.3, 0.4) is 0 Å². The van der Waals surface area contributed by atoms with E-state index in [0.29, 0.717) is 0 Å². The molecule has 7 nitrogen and oxygen atoms in total. The molecule has 0 saturated heterocycles. The van der Waals surface area contributed by atoms with Crippen LogP contribution >= 0.6 is 27.5 Å². The van der Waals surface area contributed by atoms with Gasteiger partial charge in [0, 0.05) is 0 Å². The molecule has 16 heavy (non-hydrogen) atoms. The number of carbonyl (C=O) groups is 1. The van der Waals surface area contributed by atoms with Crippen molar-refractivity contribution in [2.45, 2.75) is 11.4 Å². The van der Waals surface area contributed by atoms with Crippen molar-refractivity contribution < 1.29 is 14.5 Å². The number of methoxy groups -OCH3 is 1. The Labute approximate surface area is 104 Å². The highest BCUT2D eigenvalue weighted by molar-refractivity contribution is 9.10. The normalized spacial score (nSPS) is 12.2. The Morgan fingerprint density at radius 2 is 2.50 bits per heavy atom. The highest BCUT2D eigenvalue weighted by Gasteiger charge is 2.23. The lowest BCUT2D eigenvalue weighted by atomic mass is 10.4. The van der Waals surface area contributed by atoms with E-state index in [1.165, 1.54) is 18.0 Å². The fraction of sp³-hybridized carbons (Fsp3) is 0.429. The molecular weight excluding hydrogens is 305 g/mol. The molecule has 0 saturated carbocycles. The van der Waals surface area contributed by atoms with Gasteiger partial charge in [0.2, 0.25) is 0 Å². The average molecular weight is 313 g/mol. The van der Waals surface area contributed by atoms with Gasteiger partial charge in [0.25, 0.3) is 0 Å². The Balaban J connectivity index is 2.79. The molecule has 0 aromatic carbocycles. The van der Waals surface area contributed by atoms with Crippen LogP contribution in [0.25, 0.3) is 0 Å². The van der Waals surface area contributed by atoms with E-state index in [9.17, 15) is 14.9 Å². The Morgan fingerprint density at radius 1 is 1.88 bits per heavy atom. The monoisotopic (exact) mass is 311 g/mol. The van der Waals surface area contributed by atoms with Crippen LogP contribution in [0.4, 0.5) is 5.82 Å². The predicted octanol–water partition coefficient (Wildman–Crippen LogP) is 1.38. The molecule has 1 heterocycles. The van der Waals surface area contributed by atoms with E-state index >= 15 is 0 Å². The van der Waals surface area contributed by atoms with Gasteiger partial charge in [-0.25, -0.2) is 0 Å². The van der Waals surface area contributed by atoms with E-state index < -0.39 is 21.5 Å². The van der Waals surface area contributed by atoms with Gasteiger partial charge in [-0.05, 0) is 4.92 Å². The molecule has 0 aliphatic rings. The second-order valence-electron chi connectivity index (χ2n) is 2.77. The number of hydrogen-bond acceptors (Lipinski definition) is 5. The number of hydrogen-bond donors (Lipinski definition) is 0. The lowest BCUT2D eigenvalue weighted by Crippen LogP contribution is -2.21. The minimum Gasteiger partial charge on any atom is -0.468 e. The van der Waals surface area contributed by atoms with E-state index in [1.807, 2.05) is 0 Å². The Morgan fingerprint density at radius 3 is 2.94 bits per heavy atom. The van der Waals surface area contributed by atoms with Crippen LogP contribution < -0.4 is 0 Å². The second-order valence-corrected chi connectivity index (χ2v) is 4.28. The number of aromatic nitrogens is 2. The van der Waals surface area contributed by atoms with Gasteiger partial charge in [0.05, 0.1) is 25.0 Å². The van der Waals surface area contributed by atoms with Crippen molar-refractivity contribution in [2.75, 3.05) is 7.11 Å². The van der Waals surface area contributed by atoms with Gasteiger partial charge in [0.15, 0.2) is 5.02 Å². The standard InChI is InChI=1S/C7H7BrClN3O4/c1-16-7(13)4(8)2-11-3-5(9)6(10-11)12(14)15/h3-4H,2H2,1H3. The number of ether oxygens (including phenoxy) is 1. The Kier molecular flexibility index (Phi) is 4.25. The maximum absolute atomic E-state index is 11.1. The third-order valence-corrected chi connectivity index (χ3v) is 2.61. The molecule has 0 aliphatic carbocycles. The highest BCUT2D eigenvalue weighted by Crippen LogP contribution is 2.21. The van der Waals surface area contributed by atoms with E-state index in [2.05, 4.69) is 25.8 Å². The number of nitro groups is 1. The van der Waals surface area contributed by atoms with Crippen molar-refractivity contribution in [3.05, 3.63) is 21.3 Å². The van der Waals surface area contributed by atoms with Gasteiger partial charge in [-0.2, -0.15) is 4.68 Å². The van der Waals surface area contributed by atoms with Gasteiger partial charge in [-0.3, -0.25) is 4.79 Å². The van der Waals surface area contributed by atoms with E-state index in [4.69, 9.17) is 11.6 Å². The molecule has 0 amide bonds. The molecule has 0 fully saturated rings. The summed E-state index contributed by atoms with van der Waals surface area (Å²) < 4.78 is 5.68. The summed E-state index contributed by atoms with van der Waals surface area (Å²) >= 11 is 8.64. The zero-order valence-corrected chi connectivity index (χ0v) is 10.4. The molecule has 1 aromatic heterocycles. The first-order valence-corrected chi connectivity index (χ1v) is 5.34. The van der Waals surface area contributed by atoms with Crippen LogP contribution in [0.15, 0.2) is 6.20 Å². The smallest absolute Gasteiger partial charge is 0.408 e. The zero-order valence-electron chi connectivity index (χ0n) is 8.09. The van der Waals surface area contributed by atoms with Crippen molar-refractivity contribution in [3.8, 4) is 0 Å². The van der Waals surface area contributed by atoms with Crippen molar-refractivity contribution in [3.63, 3.8) is 0 Å². The zero-order chi connectivity index (χ0) is 12.3. The first kappa shape index (κ1) is 12.9. The van der Waals surface area contributed by atoms with Crippen LogP contribution in [0.2, 0.25) is 5.02 Å². The first-order valence-electron chi connectivity index (χ1n) is 4.05. The van der Waals surface area contributed by atoms with Gasteiger partial charge >= 0.3 is 11.8 Å². The maximum atomic E-state index is 11.1. The van der Waals surface area contributed by atoms with Gasteiger partial charge < -0.3 is 14.9 Å². The van der Waals surface area contributed by atoms with Crippen molar-refractivity contribution in [2.24, 2.45) is 0 Å². The Hall–Kier alpha value is -1.15. The number of rotatable bonds is 4. The number of alkyl halides is 1. The number of esters is 1. The largest absolute Gasteiger partial charge is 0.468 e. The summed E-state index contributed by atoms with van der Waals surface area (Å²) in [5.74, 6) is -0.930. The quantitative estimate of drug-likeness (QED) is 0.363. The topological polar surface area (TPSA) is 87.3 Å². The van der Waals surface area contributed by atoms with E-state index in [-0.39, 0.29) is 11.6 Å². The molecule has 1 rings (SSSR count). The Bertz CT molecular complexity index is 422. The summed E-state index contributed by atoms with van der Waals surface area (Å²) in [5, 5.41) is 14.0. The lowest BCUT2D eigenvalue weighted by molar-refractivity contribution is -0.389. The molecule has 1 unspecified atom stereocenters. The third-order valence-electron chi connectivity index (χ3n) is 1.68. The minimum atomic E-state index is -0.694. The third kappa shape index (κ3) is 2.92. The molecule has 9 heteroatoms. The molecule has 0 radical (unpaired) electrons. The number of halogens is 2. The van der Waals surface area contributed by atoms with Crippen LogP contribution in [0, 0.1) is 10.1 Å². The number of carbonyl (C=O) groups excluding carboxylic acids is 1. The van der Waals surface area contributed by atoms with E-state index in [0.717, 1.165) is 0 Å². The van der Waals surface area contributed by atoms with Crippen LogP contribution in [-0.4, -0.2) is 32.6 Å². The summed E-state index contributed by atoms with van der Waals surface area (Å²) in [6.07, 6.45) is 1.27. The van der Waals surface area contributed by atoms with Gasteiger partial charge in [0.1, 0.15) is 4.83 Å². The summed E-state index contributed by atoms with van der Waals surface area (Å²) in [4.78, 5) is 20.2. The molecule has 0 N–H and O–H groups in total. The minimum absolute atomic E-state index is 0.0745. The summed E-state index contributed by atoms with van der Waals surface area (Å²) in [6, 6.07) is 0. The molecule has 88 valence electrons. The molecule has 0 bridgehead atoms. The molecule has 1 aromatic rings. The van der Waals surface area contributed by atoms with Crippen LogP contribution in [0.1, 0.15) is 0 Å². The molecule has 1 atom stereocenters. The predicted molar refractivity (Wildman–Crippen MR) is 58.6 cm³/mol. The van der Waals surface area contributed by atoms with Gasteiger partial charge in [-0.15, -0.1) is 0 Å². The van der Waals surface area contributed by atoms with Crippen LogP contribution in [0.5, 0.6) is 0 Å². The lowest BCUT2D eigenvalue weighted by Gasteiger charge is -2.04. The van der Waals surface area contributed by atoms with Crippen molar-refractivity contribution in [1.29, 1.82) is 0 Å². The van der Waals surface area contributed by atoms with Gasteiger partial charge in [-0.1, -0.05) is 27.5 Å². The van der Waals surface area contributed by atoms with Crippen molar-refractivity contribution in [1.82, 2.24) is 9.78 Å². The average Bonchev–Trinajstić information content (AvgIpc) is 2.58. The molecule has 0 spiro atoms. The number of nitrogens with zero attached hydrogens (tertiary/aromatic N) is 3. The summed E-state index contributed by atoms with van der Waals surface area (Å²) in [7, 11) is 1.25. The summed E-state index contributed by atoms with van der Waals surface area (Å²) in [5.41, 5.74) is 0. The maximum Gasteiger partial charge on any atom is 0.408 e. The van der Waals surface area contributed by atoms with Crippen LogP contribution in [-0.2, 0) is 16.1 Å². The van der Waals surface area contributed by atoms with E-state index in [1.54, 1.807) is 0 Å². The fourth-order valence-corrected chi connectivity index (χ4v) is 1.67. The SMILES string of the molecule is COC(=O)C(Br)Cn1cc(Cl)c([N+](=O)[O-])n1. The molecular formula is C7H7BrClN3O4. The van der Waals surface area contributed by atoms with Crippen molar-refractivity contribution >= 4 is 39.3 Å². The first-order chi connectivity index (χ1) is 7.45. The molecule has 0 aliphatic heterocycles.